The molecule has 0 saturated carbocycles. The first-order chi connectivity index (χ1) is 8.43. The minimum atomic E-state index is -3.18. The van der Waals surface area contributed by atoms with Crippen LogP contribution in [0.2, 0.25) is 0 Å². The van der Waals surface area contributed by atoms with Crippen LogP contribution < -0.4 is 10.1 Å². The van der Waals surface area contributed by atoms with Crippen molar-refractivity contribution in [3.05, 3.63) is 24.3 Å². The molecule has 0 aliphatic heterocycles. The van der Waals surface area contributed by atoms with Gasteiger partial charge in [0.25, 0.3) is 0 Å². The van der Waals surface area contributed by atoms with E-state index in [-0.39, 0.29) is 11.0 Å². The second kappa shape index (κ2) is 6.75. The average Bonchev–Trinajstić information content (AvgIpc) is 2.28. The van der Waals surface area contributed by atoms with Gasteiger partial charge in [0.2, 0.25) is 0 Å². The van der Waals surface area contributed by atoms with Crippen molar-refractivity contribution in [3.63, 3.8) is 0 Å². The van der Waals surface area contributed by atoms with Crippen molar-refractivity contribution in [2.75, 3.05) is 19.3 Å². The normalized spacial score (nSPS) is 13.3. The molecule has 1 aromatic carbocycles. The maximum atomic E-state index is 11.4. The van der Waals surface area contributed by atoms with Gasteiger partial charge >= 0.3 is 0 Å². The predicted molar refractivity (Wildman–Crippen MR) is 72.8 cm³/mol. The van der Waals surface area contributed by atoms with E-state index in [2.05, 4.69) is 12.2 Å². The highest BCUT2D eigenvalue weighted by atomic mass is 32.2. The summed E-state index contributed by atoms with van der Waals surface area (Å²) in [6.07, 6.45) is 2.28. The number of rotatable bonds is 7. The third-order valence-corrected chi connectivity index (χ3v) is 3.54. The predicted octanol–water partition coefficient (Wildman–Crippen LogP) is 1.86. The van der Waals surface area contributed by atoms with Gasteiger partial charge in [-0.2, -0.15) is 0 Å². The zero-order valence-electron chi connectivity index (χ0n) is 11.1. The smallest absolute Gasteiger partial charge is 0.175 e. The molecular formula is C13H21NO3S. The highest BCUT2D eigenvalue weighted by Gasteiger charge is 2.09. The lowest BCUT2D eigenvalue weighted by Crippen LogP contribution is -2.29. The van der Waals surface area contributed by atoms with Gasteiger partial charge in [-0.1, -0.05) is 13.0 Å². The monoisotopic (exact) mass is 271 g/mol. The van der Waals surface area contributed by atoms with Gasteiger partial charge in [0.15, 0.2) is 9.84 Å². The summed E-state index contributed by atoms with van der Waals surface area (Å²) in [4.78, 5) is 0.286. The van der Waals surface area contributed by atoms with Crippen molar-refractivity contribution < 1.29 is 13.2 Å². The summed E-state index contributed by atoms with van der Waals surface area (Å²) in [7, 11) is -3.18. The molecule has 0 aromatic heterocycles. The van der Waals surface area contributed by atoms with Gasteiger partial charge < -0.3 is 10.1 Å². The summed E-state index contributed by atoms with van der Waals surface area (Å²) in [5.41, 5.74) is 0. The minimum Gasteiger partial charge on any atom is -0.489 e. The molecule has 1 rings (SSSR count). The van der Waals surface area contributed by atoms with Crippen LogP contribution in [-0.2, 0) is 9.84 Å². The zero-order valence-corrected chi connectivity index (χ0v) is 12.0. The van der Waals surface area contributed by atoms with Crippen molar-refractivity contribution in [3.8, 4) is 5.75 Å². The van der Waals surface area contributed by atoms with Crippen molar-refractivity contribution in [1.29, 1.82) is 0 Å². The molecule has 18 heavy (non-hydrogen) atoms. The van der Waals surface area contributed by atoms with E-state index in [1.165, 1.54) is 6.26 Å². The first-order valence-corrected chi connectivity index (χ1v) is 8.00. The molecule has 5 heteroatoms. The second-order valence-electron chi connectivity index (χ2n) is 4.38. The van der Waals surface area contributed by atoms with E-state index < -0.39 is 9.84 Å². The summed E-state index contributed by atoms with van der Waals surface area (Å²) in [6, 6.07) is 6.59. The first kappa shape index (κ1) is 15.0. The van der Waals surface area contributed by atoms with Crippen LogP contribution in [0.4, 0.5) is 0 Å². The van der Waals surface area contributed by atoms with E-state index in [1.807, 2.05) is 6.92 Å². The fourth-order valence-corrected chi connectivity index (χ4v) is 2.19. The standard InChI is InChI=1S/C13H21NO3S/c1-4-8-14-10-11(2)17-12-6-5-7-13(9-12)18(3,15)16/h5-7,9,11,14H,4,8,10H2,1-3H3. The first-order valence-electron chi connectivity index (χ1n) is 6.11. The number of nitrogens with one attached hydrogen (secondary N) is 1. The van der Waals surface area contributed by atoms with Gasteiger partial charge in [-0.25, -0.2) is 8.42 Å². The molecule has 0 fully saturated rings. The molecule has 0 saturated heterocycles. The minimum absolute atomic E-state index is 0.00589. The van der Waals surface area contributed by atoms with Crippen LogP contribution in [0.25, 0.3) is 0 Å². The van der Waals surface area contributed by atoms with Gasteiger partial charge in [0, 0.05) is 12.8 Å². The number of ether oxygens (including phenoxy) is 1. The summed E-state index contributed by atoms with van der Waals surface area (Å²) in [6.45, 7) is 5.76. The van der Waals surface area contributed by atoms with Gasteiger partial charge in [0.05, 0.1) is 4.90 Å². The second-order valence-corrected chi connectivity index (χ2v) is 6.40. The summed E-state index contributed by atoms with van der Waals surface area (Å²) >= 11 is 0. The molecule has 0 aliphatic carbocycles. The lowest BCUT2D eigenvalue weighted by atomic mass is 10.3. The molecular weight excluding hydrogens is 250 g/mol. The Kier molecular flexibility index (Phi) is 5.62. The number of hydrogen-bond acceptors (Lipinski definition) is 4. The van der Waals surface area contributed by atoms with Crippen LogP contribution in [0.1, 0.15) is 20.3 Å². The van der Waals surface area contributed by atoms with Gasteiger partial charge in [-0.15, -0.1) is 0 Å². The van der Waals surface area contributed by atoms with Crippen LogP contribution in [0.3, 0.4) is 0 Å². The van der Waals surface area contributed by atoms with Gasteiger partial charge in [0.1, 0.15) is 11.9 Å². The molecule has 1 unspecified atom stereocenters. The molecule has 102 valence electrons. The molecule has 1 aromatic rings. The molecule has 1 N–H and O–H groups in total. The largest absolute Gasteiger partial charge is 0.489 e. The lowest BCUT2D eigenvalue weighted by Gasteiger charge is -2.15. The Hall–Kier alpha value is -1.07. The van der Waals surface area contributed by atoms with Crippen LogP contribution in [0.5, 0.6) is 5.75 Å². The molecule has 1 atom stereocenters. The number of benzene rings is 1. The quantitative estimate of drug-likeness (QED) is 0.769. The highest BCUT2D eigenvalue weighted by Crippen LogP contribution is 2.18. The third kappa shape index (κ3) is 5.06. The van der Waals surface area contributed by atoms with Crippen LogP contribution in [0, 0.1) is 0 Å². The molecule has 0 spiro atoms. The Labute approximate surface area is 109 Å². The van der Waals surface area contributed by atoms with E-state index in [0.29, 0.717) is 5.75 Å². The topological polar surface area (TPSA) is 55.4 Å². The van der Waals surface area contributed by atoms with Crippen LogP contribution in [0.15, 0.2) is 29.2 Å². The molecule has 0 radical (unpaired) electrons. The van der Waals surface area contributed by atoms with Crippen LogP contribution >= 0.6 is 0 Å². The number of sulfone groups is 1. The van der Waals surface area contributed by atoms with Gasteiger partial charge in [-0.3, -0.25) is 0 Å². The Balaban J connectivity index is 2.62. The maximum Gasteiger partial charge on any atom is 0.175 e. The van der Waals surface area contributed by atoms with E-state index in [4.69, 9.17) is 4.74 Å². The molecule has 0 amide bonds. The fraction of sp³-hybridized carbons (Fsp3) is 0.538. The Bertz CT molecular complexity index is 471. The Morgan fingerprint density at radius 3 is 2.72 bits per heavy atom. The molecule has 0 bridgehead atoms. The van der Waals surface area contributed by atoms with Crippen molar-refractivity contribution in [2.24, 2.45) is 0 Å². The molecule has 0 heterocycles. The summed E-state index contributed by atoms with van der Waals surface area (Å²) in [5.74, 6) is 0.587. The SMILES string of the molecule is CCCNCC(C)Oc1cccc(S(C)(=O)=O)c1. The van der Waals surface area contributed by atoms with E-state index in [9.17, 15) is 8.42 Å². The van der Waals surface area contributed by atoms with Crippen molar-refractivity contribution in [1.82, 2.24) is 5.32 Å². The Morgan fingerprint density at radius 1 is 1.39 bits per heavy atom. The fourth-order valence-electron chi connectivity index (χ4n) is 1.53. The zero-order chi connectivity index (χ0) is 13.6. The maximum absolute atomic E-state index is 11.4. The number of hydrogen-bond donors (Lipinski definition) is 1. The lowest BCUT2D eigenvalue weighted by molar-refractivity contribution is 0.217. The third-order valence-electron chi connectivity index (χ3n) is 2.43. The molecule has 4 nitrogen and oxygen atoms in total. The summed E-state index contributed by atoms with van der Waals surface area (Å²) < 4.78 is 28.5. The van der Waals surface area contributed by atoms with Crippen LogP contribution in [-0.4, -0.2) is 33.9 Å². The van der Waals surface area contributed by atoms with Crippen molar-refractivity contribution >= 4 is 9.84 Å². The van der Waals surface area contributed by atoms with E-state index in [1.54, 1.807) is 24.3 Å². The summed E-state index contributed by atoms with van der Waals surface area (Å²) in [5, 5.41) is 3.26. The van der Waals surface area contributed by atoms with Gasteiger partial charge in [-0.05, 0) is 38.1 Å². The Morgan fingerprint density at radius 2 is 2.11 bits per heavy atom. The van der Waals surface area contributed by atoms with Crippen molar-refractivity contribution in [2.45, 2.75) is 31.3 Å². The average molecular weight is 271 g/mol. The highest BCUT2D eigenvalue weighted by molar-refractivity contribution is 7.90. The van der Waals surface area contributed by atoms with E-state index in [0.717, 1.165) is 19.5 Å². The molecule has 0 aliphatic rings. The van der Waals surface area contributed by atoms with E-state index >= 15 is 0 Å².